The van der Waals surface area contributed by atoms with Crippen LogP contribution in [0.1, 0.15) is 27.7 Å². The van der Waals surface area contributed by atoms with Crippen molar-refractivity contribution in [1.82, 2.24) is 29.9 Å². The lowest BCUT2D eigenvalue weighted by molar-refractivity contribution is 0.00578. The molecule has 80 heavy (non-hydrogen) atoms. The van der Waals surface area contributed by atoms with Gasteiger partial charge in [-0.05, 0) is 58.0 Å². The second-order valence-corrected chi connectivity index (χ2v) is 23.0. The van der Waals surface area contributed by atoms with Crippen LogP contribution in [0.5, 0.6) is 0 Å². The standard InChI is InChI=1S/C31H19N3S.C21H20BNO2S.C16H11ClN2/c1-3-11-20(12-4-1)25-19-26(34-31(33-25)21-13-5-2-6-14-21)28-22-15-7-9-17-24(22)32-29-23-16-8-10-18-27(23)35-30(28)29;1-20(2)21(3,4)25-22(24-20)17-13-9-5-7-11-15(13)23-18-14-10-6-8-12-16(14)26-19(17)18;17-15-11-14(12-7-3-1-4-8-12)18-16(19-15)13-9-5-2-6-10-13/h1-19H;5-12H,1-4H3;1-11H. The summed E-state index contributed by atoms with van der Waals surface area (Å²) in [5.41, 5.74) is 12.2. The minimum atomic E-state index is -0.400. The molecule has 0 radical (unpaired) electrons. The molecule has 6 aromatic heterocycles. The van der Waals surface area contributed by atoms with E-state index in [0.29, 0.717) is 11.0 Å². The van der Waals surface area contributed by atoms with Gasteiger partial charge in [0, 0.05) is 70.3 Å². The molecule has 1 aliphatic heterocycles. The smallest absolute Gasteiger partial charge is 0.399 e. The molecule has 0 amide bonds. The van der Waals surface area contributed by atoms with E-state index < -0.39 is 7.12 Å². The minimum absolute atomic E-state index is 0.370. The highest BCUT2D eigenvalue weighted by atomic mass is 35.5. The van der Waals surface area contributed by atoms with E-state index in [4.69, 9.17) is 40.8 Å². The van der Waals surface area contributed by atoms with Gasteiger partial charge in [-0.2, -0.15) is 0 Å². The Bertz CT molecular complexity index is 4450. The van der Waals surface area contributed by atoms with E-state index in [9.17, 15) is 0 Å². The van der Waals surface area contributed by atoms with E-state index in [2.05, 4.69) is 153 Å². The van der Waals surface area contributed by atoms with Crippen LogP contribution in [0.2, 0.25) is 5.15 Å². The van der Waals surface area contributed by atoms with Crippen LogP contribution >= 0.6 is 34.3 Å². The zero-order chi connectivity index (χ0) is 54.4. The zero-order valence-corrected chi connectivity index (χ0v) is 46.6. The molecule has 0 spiro atoms. The summed E-state index contributed by atoms with van der Waals surface area (Å²) in [6, 6.07) is 77.7. The topological polar surface area (TPSA) is 95.8 Å². The molecule has 15 rings (SSSR count). The number of fused-ring (bicyclic) bond motifs is 8. The summed E-state index contributed by atoms with van der Waals surface area (Å²) < 4.78 is 17.6. The number of thiophene rings is 2. The van der Waals surface area contributed by atoms with Crippen molar-refractivity contribution in [1.29, 1.82) is 0 Å². The third-order valence-electron chi connectivity index (χ3n) is 14.8. The highest BCUT2D eigenvalue weighted by molar-refractivity contribution is 7.27. The fourth-order valence-corrected chi connectivity index (χ4v) is 12.7. The number of aromatic nitrogens is 6. The summed E-state index contributed by atoms with van der Waals surface area (Å²) in [4.78, 5) is 29.0. The molecule has 0 N–H and O–H groups in total. The molecule has 12 heteroatoms. The van der Waals surface area contributed by atoms with Gasteiger partial charge in [-0.3, -0.25) is 0 Å². The molecule has 1 saturated heterocycles. The first-order valence-corrected chi connectivity index (χ1v) is 28.5. The second-order valence-electron chi connectivity index (χ2n) is 20.5. The molecule has 8 aromatic carbocycles. The first-order valence-electron chi connectivity index (χ1n) is 26.5. The van der Waals surface area contributed by atoms with E-state index in [-0.39, 0.29) is 11.2 Å². The number of benzene rings is 8. The van der Waals surface area contributed by atoms with Gasteiger partial charge >= 0.3 is 7.12 Å². The number of halogens is 1. The van der Waals surface area contributed by atoms with E-state index in [1.807, 2.05) is 109 Å². The van der Waals surface area contributed by atoms with Crippen molar-refractivity contribution >= 4 is 109 Å². The first-order chi connectivity index (χ1) is 39.0. The molecule has 386 valence electrons. The van der Waals surface area contributed by atoms with Crippen molar-refractivity contribution in [2.75, 3.05) is 0 Å². The fraction of sp³-hybridized carbons (Fsp3) is 0.0882. The molecule has 0 atom stereocenters. The number of pyridine rings is 2. The van der Waals surface area contributed by atoms with E-state index in [0.717, 1.165) is 98.4 Å². The lowest BCUT2D eigenvalue weighted by Gasteiger charge is -2.32. The van der Waals surface area contributed by atoms with Crippen LogP contribution in [-0.4, -0.2) is 48.2 Å². The Labute approximate surface area is 476 Å². The van der Waals surface area contributed by atoms with Gasteiger partial charge in [0.25, 0.3) is 0 Å². The maximum Gasteiger partial charge on any atom is 0.497 e. The largest absolute Gasteiger partial charge is 0.497 e. The lowest BCUT2D eigenvalue weighted by atomic mass is 9.76. The summed E-state index contributed by atoms with van der Waals surface area (Å²) in [5.74, 6) is 1.36. The minimum Gasteiger partial charge on any atom is -0.399 e. The van der Waals surface area contributed by atoms with E-state index in [1.165, 1.54) is 20.2 Å². The molecule has 14 aromatic rings. The molecule has 7 heterocycles. The van der Waals surface area contributed by atoms with Crippen molar-refractivity contribution in [3.63, 3.8) is 0 Å². The summed E-state index contributed by atoms with van der Waals surface area (Å²) >= 11 is 9.64. The van der Waals surface area contributed by atoms with Gasteiger partial charge in [0.15, 0.2) is 11.6 Å². The first kappa shape index (κ1) is 50.9. The monoisotopic (exact) mass is 1090 g/mol. The molecule has 0 unspecified atom stereocenters. The summed E-state index contributed by atoms with van der Waals surface area (Å²) in [6.07, 6.45) is 0. The van der Waals surface area contributed by atoms with Crippen LogP contribution in [0.4, 0.5) is 0 Å². The molecule has 1 fully saturated rings. The Morgan fingerprint density at radius 2 is 0.762 bits per heavy atom. The summed E-state index contributed by atoms with van der Waals surface area (Å²) in [7, 11) is -0.400. The van der Waals surface area contributed by atoms with Crippen LogP contribution in [-0.2, 0) is 9.31 Å². The molecule has 8 nitrogen and oxygen atoms in total. The number of hydrogen-bond acceptors (Lipinski definition) is 10. The van der Waals surface area contributed by atoms with Gasteiger partial charge in [0.1, 0.15) is 5.15 Å². The van der Waals surface area contributed by atoms with E-state index in [1.54, 1.807) is 28.7 Å². The van der Waals surface area contributed by atoms with Crippen LogP contribution in [0.15, 0.2) is 231 Å². The highest BCUT2D eigenvalue weighted by Gasteiger charge is 2.52. The number of nitrogens with zero attached hydrogens (tertiary/aromatic N) is 6. The summed E-state index contributed by atoms with van der Waals surface area (Å²) in [6.45, 7) is 8.38. The Hall–Kier alpha value is -8.55. The van der Waals surface area contributed by atoms with Crippen LogP contribution in [0, 0.1) is 0 Å². The Kier molecular flexibility index (Phi) is 13.5. The molecule has 1 aliphatic rings. The Balaban J connectivity index is 0.000000119. The third-order valence-corrected chi connectivity index (χ3v) is 17.4. The van der Waals surface area contributed by atoms with Crippen molar-refractivity contribution in [3.8, 4) is 56.5 Å². The van der Waals surface area contributed by atoms with Crippen molar-refractivity contribution in [2.24, 2.45) is 0 Å². The quantitative estimate of drug-likeness (QED) is 0.120. The van der Waals surface area contributed by atoms with Gasteiger partial charge in [-0.1, -0.05) is 206 Å². The van der Waals surface area contributed by atoms with Gasteiger partial charge in [0.05, 0.1) is 59.8 Å². The van der Waals surface area contributed by atoms with Crippen LogP contribution in [0.25, 0.3) is 119 Å². The molecule has 0 bridgehead atoms. The number of hydrogen-bond donors (Lipinski definition) is 0. The molecular weight excluding hydrogens is 1040 g/mol. The van der Waals surface area contributed by atoms with Crippen LogP contribution in [0.3, 0.4) is 0 Å². The second kappa shape index (κ2) is 21.3. The summed E-state index contributed by atoms with van der Waals surface area (Å²) in [5, 5.41) is 5.03. The number of para-hydroxylation sites is 2. The average Bonchev–Trinajstić information content (AvgIpc) is 4.23. The predicted molar refractivity (Wildman–Crippen MR) is 335 cm³/mol. The van der Waals surface area contributed by atoms with Crippen LogP contribution < -0.4 is 5.46 Å². The van der Waals surface area contributed by atoms with Crippen molar-refractivity contribution in [2.45, 2.75) is 38.9 Å². The van der Waals surface area contributed by atoms with E-state index >= 15 is 0 Å². The van der Waals surface area contributed by atoms with Gasteiger partial charge in [-0.15, -0.1) is 22.7 Å². The fourth-order valence-electron chi connectivity index (χ4n) is 10.1. The normalized spacial score (nSPS) is 13.6. The van der Waals surface area contributed by atoms with Gasteiger partial charge in [0.2, 0.25) is 0 Å². The Morgan fingerprint density at radius 3 is 1.30 bits per heavy atom. The molecular formula is C68H50BClN6O2S2. The maximum atomic E-state index is 6.42. The highest BCUT2D eigenvalue weighted by Crippen LogP contribution is 2.44. The molecule has 0 aliphatic carbocycles. The van der Waals surface area contributed by atoms with Crippen molar-refractivity contribution < 1.29 is 9.31 Å². The van der Waals surface area contributed by atoms with Crippen molar-refractivity contribution in [3.05, 3.63) is 236 Å². The average molecular weight is 1090 g/mol. The molecule has 0 saturated carbocycles. The van der Waals surface area contributed by atoms with Gasteiger partial charge in [-0.25, -0.2) is 29.9 Å². The number of rotatable bonds is 6. The Morgan fingerprint density at radius 1 is 0.375 bits per heavy atom. The zero-order valence-electron chi connectivity index (χ0n) is 44.2. The SMILES string of the molecule is CC1(C)OB(c2c3ccccc3nc3c2sc2ccccc23)OC1(C)C.Clc1cc(-c2ccccc2)nc(-c2ccccc2)n1.c1ccc(-c2cc(-c3c4ccccc4nc4c3sc3ccccc34)nc(-c3ccccc3)n2)cc1. The van der Waals surface area contributed by atoms with Gasteiger partial charge < -0.3 is 9.31 Å². The maximum absolute atomic E-state index is 6.42. The third kappa shape index (κ3) is 9.78. The lowest BCUT2D eigenvalue weighted by Crippen LogP contribution is -2.41. The predicted octanol–water partition coefficient (Wildman–Crippen LogP) is 17.8.